The number of carbonyl (C=O) groups is 1. The first-order valence-corrected chi connectivity index (χ1v) is 11.0. The van der Waals surface area contributed by atoms with Gasteiger partial charge in [-0.3, -0.25) is 4.79 Å². The molecule has 4 rings (SSSR count). The molecule has 0 bridgehead atoms. The van der Waals surface area contributed by atoms with Gasteiger partial charge < -0.3 is 15.1 Å². The van der Waals surface area contributed by atoms with Gasteiger partial charge in [0, 0.05) is 43.2 Å². The summed E-state index contributed by atoms with van der Waals surface area (Å²) in [5.74, 6) is -0.243. The highest BCUT2D eigenvalue weighted by molar-refractivity contribution is 7.16. The van der Waals surface area contributed by atoms with Crippen LogP contribution in [0.4, 0.5) is 15.1 Å². The van der Waals surface area contributed by atoms with Crippen molar-refractivity contribution in [1.29, 1.82) is 5.26 Å². The van der Waals surface area contributed by atoms with Crippen molar-refractivity contribution in [3.05, 3.63) is 46.1 Å². The van der Waals surface area contributed by atoms with E-state index in [2.05, 4.69) is 21.2 Å². The number of aryl methyl sites for hydroxylation is 1. The molecule has 1 aromatic heterocycles. The largest absolute Gasteiger partial charge is 0.370 e. The number of amides is 1. The SMILES string of the molecule is N#Cc1c(NC(=O)CCN2CCCN(c3ccc(F)cc3)CC2)sc2c1CCC2. The Morgan fingerprint density at radius 3 is 2.76 bits per heavy atom. The molecule has 1 saturated heterocycles. The summed E-state index contributed by atoms with van der Waals surface area (Å²) in [6, 6.07) is 8.92. The molecule has 5 nitrogen and oxygen atoms in total. The maximum atomic E-state index is 13.1. The first kappa shape index (κ1) is 19.9. The molecule has 7 heteroatoms. The van der Waals surface area contributed by atoms with E-state index in [1.54, 1.807) is 11.3 Å². The summed E-state index contributed by atoms with van der Waals surface area (Å²) in [6.45, 7) is 4.32. The monoisotopic (exact) mass is 412 g/mol. The Hall–Kier alpha value is -2.43. The lowest BCUT2D eigenvalue weighted by molar-refractivity contribution is -0.116. The van der Waals surface area contributed by atoms with E-state index in [0.29, 0.717) is 18.5 Å². The van der Waals surface area contributed by atoms with Gasteiger partial charge in [0.1, 0.15) is 16.9 Å². The van der Waals surface area contributed by atoms with E-state index in [9.17, 15) is 14.4 Å². The molecule has 0 radical (unpaired) electrons. The van der Waals surface area contributed by atoms with Crippen LogP contribution in [-0.2, 0) is 17.6 Å². The number of nitriles is 1. The third-order valence-corrected chi connectivity index (χ3v) is 6.93. The molecule has 0 unspecified atom stereocenters. The van der Waals surface area contributed by atoms with Gasteiger partial charge in [-0.05, 0) is 62.1 Å². The lowest BCUT2D eigenvalue weighted by Crippen LogP contribution is -2.32. The van der Waals surface area contributed by atoms with E-state index in [0.717, 1.165) is 68.1 Å². The number of anilines is 2. The maximum absolute atomic E-state index is 13.1. The summed E-state index contributed by atoms with van der Waals surface area (Å²) >= 11 is 1.56. The van der Waals surface area contributed by atoms with Crippen LogP contribution in [0.3, 0.4) is 0 Å². The van der Waals surface area contributed by atoms with Gasteiger partial charge in [0.25, 0.3) is 0 Å². The van der Waals surface area contributed by atoms with Crippen LogP contribution in [0.1, 0.15) is 35.3 Å². The van der Waals surface area contributed by atoms with E-state index in [1.807, 2.05) is 12.1 Å². The van der Waals surface area contributed by atoms with Crippen LogP contribution >= 0.6 is 11.3 Å². The quantitative estimate of drug-likeness (QED) is 0.812. The van der Waals surface area contributed by atoms with E-state index >= 15 is 0 Å². The van der Waals surface area contributed by atoms with Crippen molar-refractivity contribution in [2.75, 3.05) is 42.9 Å². The number of nitrogens with one attached hydrogen (secondary N) is 1. The molecule has 1 aliphatic carbocycles. The third-order valence-electron chi connectivity index (χ3n) is 5.72. The lowest BCUT2D eigenvalue weighted by atomic mass is 10.1. The van der Waals surface area contributed by atoms with Gasteiger partial charge in [-0.25, -0.2) is 4.39 Å². The molecule has 1 aliphatic heterocycles. The molecule has 152 valence electrons. The fourth-order valence-electron chi connectivity index (χ4n) is 4.16. The zero-order valence-corrected chi connectivity index (χ0v) is 17.2. The summed E-state index contributed by atoms with van der Waals surface area (Å²) < 4.78 is 13.1. The van der Waals surface area contributed by atoms with Crippen LogP contribution in [-0.4, -0.2) is 43.5 Å². The number of carbonyl (C=O) groups excluding carboxylic acids is 1. The summed E-state index contributed by atoms with van der Waals surface area (Å²) in [5.41, 5.74) is 2.85. The molecule has 29 heavy (non-hydrogen) atoms. The second kappa shape index (κ2) is 8.93. The minimum atomic E-state index is -0.216. The Morgan fingerprint density at radius 2 is 1.97 bits per heavy atom. The number of thiophene rings is 1. The topological polar surface area (TPSA) is 59.4 Å². The van der Waals surface area contributed by atoms with E-state index in [-0.39, 0.29) is 11.7 Å². The number of nitrogens with zero attached hydrogens (tertiary/aromatic N) is 3. The highest BCUT2D eigenvalue weighted by Gasteiger charge is 2.23. The van der Waals surface area contributed by atoms with Gasteiger partial charge >= 0.3 is 0 Å². The maximum Gasteiger partial charge on any atom is 0.226 e. The van der Waals surface area contributed by atoms with Crippen LogP contribution in [0.5, 0.6) is 0 Å². The van der Waals surface area contributed by atoms with E-state index in [1.165, 1.54) is 17.0 Å². The van der Waals surface area contributed by atoms with Gasteiger partial charge in [0.05, 0.1) is 5.56 Å². The number of rotatable bonds is 5. The molecule has 1 amide bonds. The molecule has 2 aliphatic rings. The fraction of sp³-hybridized carbons (Fsp3) is 0.455. The van der Waals surface area contributed by atoms with Gasteiger partial charge in [0.2, 0.25) is 5.91 Å². The Labute approximate surface area is 174 Å². The number of fused-ring (bicyclic) bond motifs is 1. The van der Waals surface area contributed by atoms with Crippen LogP contribution < -0.4 is 10.2 Å². The van der Waals surface area contributed by atoms with Crippen LogP contribution in [0, 0.1) is 17.1 Å². The predicted molar refractivity (Wildman–Crippen MR) is 114 cm³/mol. The summed E-state index contributed by atoms with van der Waals surface area (Å²) in [7, 11) is 0. The summed E-state index contributed by atoms with van der Waals surface area (Å²) in [6.07, 6.45) is 4.50. The average molecular weight is 413 g/mol. The molecule has 1 N–H and O–H groups in total. The van der Waals surface area contributed by atoms with Crippen LogP contribution in [0.2, 0.25) is 0 Å². The smallest absolute Gasteiger partial charge is 0.226 e. The normalized spacial score (nSPS) is 16.9. The van der Waals surface area contributed by atoms with Gasteiger partial charge in [0.15, 0.2) is 0 Å². The summed E-state index contributed by atoms with van der Waals surface area (Å²) in [5, 5.41) is 13.1. The number of benzene rings is 1. The zero-order valence-electron chi connectivity index (χ0n) is 16.4. The van der Waals surface area contributed by atoms with Gasteiger partial charge in [-0.15, -0.1) is 11.3 Å². The number of halogens is 1. The highest BCUT2D eigenvalue weighted by atomic mass is 32.1. The van der Waals surface area contributed by atoms with E-state index < -0.39 is 0 Å². The van der Waals surface area contributed by atoms with E-state index in [4.69, 9.17) is 0 Å². The molecular formula is C22H25FN4OS. The highest BCUT2D eigenvalue weighted by Crippen LogP contribution is 2.38. The average Bonchev–Trinajstić information content (AvgIpc) is 3.20. The molecule has 0 atom stereocenters. The minimum Gasteiger partial charge on any atom is -0.370 e. The second-order valence-electron chi connectivity index (χ2n) is 7.63. The summed E-state index contributed by atoms with van der Waals surface area (Å²) in [4.78, 5) is 18.3. The Balaban J connectivity index is 1.28. The molecular weight excluding hydrogens is 387 g/mol. The zero-order chi connectivity index (χ0) is 20.2. The standard InChI is InChI=1S/C22H25FN4OS/c23-16-5-7-17(8-6-16)27-11-2-10-26(13-14-27)12-9-21(28)25-22-19(15-24)18-3-1-4-20(18)29-22/h5-8H,1-4,9-14H2,(H,25,28). The fourth-order valence-corrected chi connectivity index (χ4v) is 5.42. The first-order valence-electron chi connectivity index (χ1n) is 10.2. The van der Waals surface area contributed by atoms with Crippen LogP contribution in [0.25, 0.3) is 0 Å². The Kier molecular flexibility index (Phi) is 6.12. The van der Waals surface area contributed by atoms with Crippen molar-refractivity contribution in [3.63, 3.8) is 0 Å². The first-order chi connectivity index (χ1) is 14.1. The Bertz CT molecular complexity index is 918. The second-order valence-corrected chi connectivity index (χ2v) is 8.74. The van der Waals surface area contributed by atoms with Crippen molar-refractivity contribution in [3.8, 4) is 6.07 Å². The predicted octanol–water partition coefficient (Wildman–Crippen LogP) is 3.79. The van der Waals surface area contributed by atoms with Crippen LogP contribution in [0.15, 0.2) is 24.3 Å². The Morgan fingerprint density at radius 1 is 1.14 bits per heavy atom. The number of hydrogen-bond donors (Lipinski definition) is 1. The van der Waals surface area contributed by atoms with Gasteiger partial charge in [-0.1, -0.05) is 0 Å². The molecule has 2 aromatic rings. The molecule has 2 heterocycles. The molecule has 0 spiro atoms. The van der Waals surface area contributed by atoms with Crippen molar-refractivity contribution in [1.82, 2.24) is 4.90 Å². The number of hydrogen-bond acceptors (Lipinski definition) is 5. The lowest BCUT2D eigenvalue weighted by Gasteiger charge is -2.23. The molecule has 1 fully saturated rings. The van der Waals surface area contributed by atoms with Crippen molar-refractivity contribution >= 4 is 27.9 Å². The molecule has 0 saturated carbocycles. The van der Waals surface area contributed by atoms with Gasteiger partial charge in [-0.2, -0.15) is 5.26 Å². The van der Waals surface area contributed by atoms with Crippen molar-refractivity contribution in [2.24, 2.45) is 0 Å². The minimum absolute atomic E-state index is 0.0268. The van der Waals surface area contributed by atoms with Crippen molar-refractivity contribution < 1.29 is 9.18 Å². The van der Waals surface area contributed by atoms with Crippen molar-refractivity contribution in [2.45, 2.75) is 32.1 Å². The molecule has 1 aromatic carbocycles. The third kappa shape index (κ3) is 4.60.